The van der Waals surface area contributed by atoms with Crippen LogP contribution in [0.3, 0.4) is 0 Å². The number of nitrogens with one attached hydrogen (secondary N) is 4. The van der Waals surface area contributed by atoms with Crippen molar-refractivity contribution in [3.63, 3.8) is 0 Å². The van der Waals surface area contributed by atoms with Crippen molar-refractivity contribution in [2.24, 2.45) is 10.2 Å². The molecule has 2 aromatic heterocycles. The molecule has 4 aromatic rings. The lowest BCUT2D eigenvalue weighted by atomic mass is 10.1. The van der Waals surface area contributed by atoms with Crippen LogP contribution in [0, 0.1) is 18.3 Å². The minimum atomic E-state index is -4.85. The quantitative estimate of drug-likeness (QED) is 0.0437. The molecule has 55 heavy (non-hydrogen) atoms. The van der Waals surface area contributed by atoms with Crippen molar-refractivity contribution in [2.45, 2.75) is 23.1 Å². The summed E-state index contributed by atoms with van der Waals surface area (Å²) in [5.74, 6) is -0.297. The number of pyridine rings is 1. The lowest BCUT2D eigenvalue weighted by Crippen LogP contribution is -2.16. The van der Waals surface area contributed by atoms with Crippen molar-refractivity contribution >= 4 is 87.7 Å². The minimum absolute atomic E-state index is 0.0215. The Morgan fingerprint density at radius 3 is 2.13 bits per heavy atom. The van der Waals surface area contributed by atoms with Gasteiger partial charge in [-0.05, 0) is 67.4 Å². The van der Waals surface area contributed by atoms with Crippen molar-refractivity contribution in [3.8, 4) is 6.07 Å². The Morgan fingerprint density at radius 2 is 1.53 bits per heavy atom. The van der Waals surface area contributed by atoms with Gasteiger partial charge in [-0.15, -0.1) is 10.2 Å². The second-order valence-corrected chi connectivity index (χ2v) is 16.8. The Labute approximate surface area is 322 Å². The molecule has 4 rings (SSSR count). The molecule has 0 aliphatic heterocycles. The van der Waals surface area contributed by atoms with Crippen molar-refractivity contribution < 1.29 is 34.5 Å². The number of hydrogen-bond acceptors (Lipinski definition) is 18. The normalized spacial score (nSPS) is 11.8. The topological polar surface area (TPSA) is 280 Å². The number of hydrogen-bond donors (Lipinski definition) is 5. The molecule has 0 aliphatic rings. The van der Waals surface area contributed by atoms with Crippen LogP contribution in [0.25, 0.3) is 0 Å². The van der Waals surface area contributed by atoms with Gasteiger partial charge in [-0.1, -0.05) is 13.2 Å². The van der Waals surface area contributed by atoms with Crippen molar-refractivity contribution in [2.75, 3.05) is 53.8 Å². The highest BCUT2D eigenvalue weighted by molar-refractivity contribution is 7.94. The zero-order chi connectivity index (χ0) is 40.4. The Balaban J connectivity index is 1.71. The van der Waals surface area contributed by atoms with E-state index < -0.39 is 34.7 Å². The summed E-state index contributed by atoms with van der Waals surface area (Å²) in [4.78, 5) is 16.1. The predicted molar refractivity (Wildman–Crippen MR) is 207 cm³/mol. The fourth-order valence-corrected chi connectivity index (χ4v) is 6.59. The van der Waals surface area contributed by atoms with Crippen molar-refractivity contribution in [3.05, 3.63) is 82.8 Å². The molecule has 2 heterocycles. The zero-order valence-electron chi connectivity index (χ0n) is 29.2. The number of nitrogens with zero attached hydrogens (tertiary/aromatic N) is 7. The van der Waals surface area contributed by atoms with E-state index in [1.807, 2.05) is 0 Å². The molecule has 0 radical (unpaired) electrons. The third-order valence-corrected chi connectivity index (χ3v) is 11.0. The van der Waals surface area contributed by atoms with Gasteiger partial charge in [0.05, 0.1) is 16.2 Å². The Kier molecular flexibility index (Phi) is 13.9. The second-order valence-electron chi connectivity index (χ2n) is 11.1. The number of nitriles is 1. The van der Waals surface area contributed by atoms with E-state index in [1.165, 1.54) is 36.4 Å². The summed E-state index contributed by atoms with van der Waals surface area (Å²) in [7, 11) is -10.6. The number of rotatable bonds is 19. The van der Waals surface area contributed by atoms with E-state index in [2.05, 4.69) is 70.7 Å². The standard InChI is InChI=1S/C32H34ClN11O8S3/c1-5-53(45,46)17-15-36-29-27(20(3)24(19-34)28(39-29)35-14-7-16-52-4)44-43-25-18-22(10-13-26(25)55(49,50)51)38-32-41-30(33)40-31(42-32)37-21-8-11-23(12-9-21)54(47,48)6-2/h5-6,8-13,18H,1-2,7,14-17H2,3-4H3,(H2,35,36,39)(H,49,50,51)(H2,37,38,40,41,42)/b44-43+. The fraction of sp³-hybridized carbons (Fsp3) is 0.219. The lowest BCUT2D eigenvalue weighted by Gasteiger charge is -2.15. The van der Waals surface area contributed by atoms with Crippen LogP contribution in [-0.4, -0.2) is 82.3 Å². The molecule has 23 heteroatoms. The maximum atomic E-state index is 12.4. The number of ether oxygens (including phenoxy) is 1. The van der Waals surface area contributed by atoms with Crippen LogP contribution >= 0.6 is 11.6 Å². The van der Waals surface area contributed by atoms with Gasteiger partial charge < -0.3 is 26.0 Å². The fourth-order valence-electron chi connectivity index (χ4n) is 4.56. The van der Waals surface area contributed by atoms with Gasteiger partial charge in [-0.25, -0.2) is 21.8 Å². The average Bonchev–Trinajstić information content (AvgIpc) is 3.12. The Hall–Kier alpha value is -5.57. The van der Waals surface area contributed by atoms with Gasteiger partial charge >= 0.3 is 0 Å². The number of halogens is 1. The first-order chi connectivity index (χ1) is 26.0. The Bertz CT molecular complexity index is 2500. The highest BCUT2D eigenvalue weighted by Gasteiger charge is 2.21. The first-order valence-corrected chi connectivity index (χ1v) is 20.8. The molecule has 0 aliphatic carbocycles. The van der Waals surface area contributed by atoms with Crippen LogP contribution in [0.1, 0.15) is 17.5 Å². The van der Waals surface area contributed by atoms with Gasteiger partial charge in [0.15, 0.2) is 25.5 Å². The van der Waals surface area contributed by atoms with Crippen LogP contribution in [0.2, 0.25) is 5.28 Å². The van der Waals surface area contributed by atoms with E-state index in [-0.39, 0.29) is 74.2 Å². The van der Waals surface area contributed by atoms with E-state index in [0.29, 0.717) is 25.3 Å². The third-order valence-electron chi connectivity index (χ3n) is 7.29. The maximum absolute atomic E-state index is 12.4. The van der Waals surface area contributed by atoms with E-state index in [9.17, 15) is 35.1 Å². The summed E-state index contributed by atoms with van der Waals surface area (Å²) in [6.45, 7) is 8.84. The summed E-state index contributed by atoms with van der Waals surface area (Å²) in [6, 6.07) is 11.3. The average molecular weight is 832 g/mol. The highest BCUT2D eigenvalue weighted by Crippen LogP contribution is 2.37. The van der Waals surface area contributed by atoms with E-state index >= 15 is 0 Å². The van der Waals surface area contributed by atoms with Gasteiger partial charge in [-0.2, -0.15) is 28.6 Å². The van der Waals surface area contributed by atoms with Gasteiger partial charge in [0.25, 0.3) is 10.1 Å². The van der Waals surface area contributed by atoms with Gasteiger partial charge in [0.1, 0.15) is 28.2 Å². The minimum Gasteiger partial charge on any atom is -0.385 e. The first kappa shape index (κ1) is 42.2. The number of methoxy groups -OCH3 is 1. The van der Waals surface area contributed by atoms with Crippen LogP contribution in [0.5, 0.6) is 0 Å². The SMILES string of the molecule is C=CS(=O)(=O)CCNc1nc(NCCCOC)c(C#N)c(C)c1/N=N/c1cc(Nc2nc(Cl)nc(Nc3ccc(S(=O)(=O)C=C)cc3)n2)ccc1S(=O)(=O)O. The molecule has 0 saturated heterocycles. The maximum Gasteiger partial charge on any atom is 0.296 e. The molecular weight excluding hydrogens is 798 g/mol. The molecule has 0 atom stereocenters. The second kappa shape index (κ2) is 18.2. The van der Waals surface area contributed by atoms with Crippen LogP contribution in [-0.2, 0) is 34.5 Å². The van der Waals surface area contributed by atoms with Crippen molar-refractivity contribution in [1.82, 2.24) is 19.9 Å². The number of azo groups is 1. The number of benzene rings is 2. The molecule has 290 valence electrons. The van der Waals surface area contributed by atoms with E-state index in [4.69, 9.17) is 16.3 Å². The molecule has 0 fully saturated rings. The summed E-state index contributed by atoms with van der Waals surface area (Å²) < 4.78 is 88.0. The smallest absolute Gasteiger partial charge is 0.296 e. The summed E-state index contributed by atoms with van der Waals surface area (Å²) in [6.07, 6.45) is 0.583. The molecule has 5 N–H and O–H groups in total. The van der Waals surface area contributed by atoms with Gasteiger partial charge in [0.2, 0.25) is 17.2 Å². The number of anilines is 6. The first-order valence-electron chi connectivity index (χ1n) is 15.7. The van der Waals surface area contributed by atoms with Crippen molar-refractivity contribution in [1.29, 1.82) is 5.26 Å². The number of aromatic nitrogens is 4. The molecule has 0 spiro atoms. The predicted octanol–water partition coefficient (Wildman–Crippen LogP) is 5.59. The largest absolute Gasteiger partial charge is 0.385 e. The summed E-state index contributed by atoms with van der Waals surface area (Å²) in [5, 5.41) is 31.4. The molecule has 0 unspecified atom stereocenters. The van der Waals surface area contributed by atoms with Gasteiger partial charge in [-0.3, -0.25) is 4.55 Å². The van der Waals surface area contributed by atoms with Crippen LogP contribution in [0.4, 0.5) is 46.3 Å². The molecule has 19 nitrogen and oxygen atoms in total. The summed E-state index contributed by atoms with van der Waals surface area (Å²) in [5.41, 5.74) is 0.542. The summed E-state index contributed by atoms with van der Waals surface area (Å²) >= 11 is 6.14. The third kappa shape index (κ3) is 11.5. The zero-order valence-corrected chi connectivity index (χ0v) is 32.4. The van der Waals surface area contributed by atoms with E-state index in [0.717, 1.165) is 16.9 Å². The van der Waals surface area contributed by atoms with Gasteiger partial charge in [0, 0.05) is 54.6 Å². The van der Waals surface area contributed by atoms with E-state index in [1.54, 1.807) is 14.0 Å². The number of sulfone groups is 2. The van der Waals surface area contributed by atoms with Crippen LogP contribution in [0.15, 0.2) is 86.5 Å². The molecule has 0 amide bonds. The van der Waals surface area contributed by atoms with Crippen LogP contribution < -0.4 is 21.3 Å². The molecule has 0 bridgehead atoms. The lowest BCUT2D eigenvalue weighted by molar-refractivity contribution is 0.197. The Morgan fingerprint density at radius 1 is 0.891 bits per heavy atom. The monoisotopic (exact) mass is 831 g/mol. The molecule has 0 saturated carbocycles. The highest BCUT2D eigenvalue weighted by atomic mass is 35.5. The molecular formula is C32H34ClN11O8S3. The molecule has 2 aromatic carbocycles.